The minimum absolute atomic E-state index is 0.0144. The molecular formula is C15H19N3OS2. The molecule has 1 heterocycles. The molecule has 1 fully saturated rings. The van der Waals surface area contributed by atoms with Crippen molar-refractivity contribution >= 4 is 40.8 Å². The normalized spacial score (nSPS) is 16.8. The van der Waals surface area contributed by atoms with Gasteiger partial charge >= 0.3 is 0 Å². The molecule has 21 heavy (non-hydrogen) atoms. The van der Waals surface area contributed by atoms with Gasteiger partial charge in [0, 0.05) is 4.90 Å². The highest BCUT2D eigenvalue weighted by Gasteiger charge is 2.15. The number of carbonyl (C=O) groups excluding carboxylic acids is 1. The van der Waals surface area contributed by atoms with E-state index in [1.165, 1.54) is 35.9 Å². The molecule has 0 saturated carbocycles. The van der Waals surface area contributed by atoms with Crippen LogP contribution in [-0.4, -0.2) is 28.8 Å². The highest BCUT2D eigenvalue weighted by Crippen LogP contribution is 2.20. The van der Waals surface area contributed by atoms with Gasteiger partial charge in [0.1, 0.15) is 0 Å². The zero-order chi connectivity index (χ0) is 14.9. The van der Waals surface area contributed by atoms with Gasteiger partial charge in [0.15, 0.2) is 5.17 Å². The molecular weight excluding hydrogens is 302 g/mol. The number of unbranched alkanes of at least 4 members (excludes halogenated alkanes) is 2. The molecule has 0 spiro atoms. The Bertz CT molecular complexity index is 543. The van der Waals surface area contributed by atoms with Crippen LogP contribution >= 0.6 is 23.5 Å². The van der Waals surface area contributed by atoms with Gasteiger partial charge in [0.25, 0.3) is 0 Å². The van der Waals surface area contributed by atoms with Crippen molar-refractivity contribution < 1.29 is 4.79 Å². The maximum Gasteiger partial charge on any atom is 0.236 e. The maximum atomic E-state index is 11.0. The zero-order valence-electron chi connectivity index (χ0n) is 12.0. The molecule has 0 aromatic heterocycles. The standard InChI is InChI=1S/C15H19N3OS2/c1-2-3-4-8-20-13-7-5-6-12(9-13)10-16-18-15-17-14(19)11-21-15/h5-7,9-10H,2-4,8,11H2,1H3,(H,17,18,19). The fourth-order valence-electron chi connectivity index (χ4n) is 1.75. The minimum Gasteiger partial charge on any atom is -0.303 e. The topological polar surface area (TPSA) is 53.8 Å². The molecule has 112 valence electrons. The van der Waals surface area contributed by atoms with Crippen LogP contribution in [0.5, 0.6) is 0 Å². The molecule has 1 N–H and O–H groups in total. The molecule has 1 aromatic carbocycles. The van der Waals surface area contributed by atoms with E-state index in [1.807, 2.05) is 23.9 Å². The first-order valence-corrected chi connectivity index (χ1v) is 9.01. The number of hydrogen-bond donors (Lipinski definition) is 1. The first-order valence-electron chi connectivity index (χ1n) is 7.04. The number of carbonyl (C=O) groups is 1. The van der Waals surface area contributed by atoms with E-state index in [0.717, 1.165) is 11.3 Å². The minimum atomic E-state index is -0.0144. The molecule has 0 atom stereocenters. The van der Waals surface area contributed by atoms with Crippen molar-refractivity contribution in [1.29, 1.82) is 0 Å². The van der Waals surface area contributed by atoms with E-state index in [4.69, 9.17) is 0 Å². The molecule has 0 bridgehead atoms. The van der Waals surface area contributed by atoms with Crippen molar-refractivity contribution in [3.05, 3.63) is 29.8 Å². The molecule has 1 saturated heterocycles. The maximum absolute atomic E-state index is 11.0. The van der Waals surface area contributed by atoms with E-state index in [2.05, 4.69) is 34.6 Å². The second-order valence-electron chi connectivity index (χ2n) is 4.61. The largest absolute Gasteiger partial charge is 0.303 e. The lowest BCUT2D eigenvalue weighted by molar-refractivity contribution is -0.116. The molecule has 1 amide bonds. The summed E-state index contributed by atoms with van der Waals surface area (Å²) in [7, 11) is 0. The monoisotopic (exact) mass is 321 g/mol. The van der Waals surface area contributed by atoms with Crippen LogP contribution in [0.3, 0.4) is 0 Å². The fraction of sp³-hybridized carbons (Fsp3) is 0.400. The van der Waals surface area contributed by atoms with Gasteiger partial charge in [-0.1, -0.05) is 43.7 Å². The number of benzene rings is 1. The summed E-state index contributed by atoms with van der Waals surface area (Å²) in [6.07, 6.45) is 5.51. The number of rotatable bonds is 7. The summed E-state index contributed by atoms with van der Waals surface area (Å²) in [5, 5.41) is 11.2. The van der Waals surface area contributed by atoms with E-state index in [-0.39, 0.29) is 5.91 Å². The first-order chi connectivity index (χ1) is 10.3. The van der Waals surface area contributed by atoms with Crippen molar-refractivity contribution in [3.63, 3.8) is 0 Å². The van der Waals surface area contributed by atoms with Gasteiger partial charge in [-0.3, -0.25) is 4.79 Å². The van der Waals surface area contributed by atoms with Crippen molar-refractivity contribution in [2.75, 3.05) is 11.5 Å². The van der Waals surface area contributed by atoms with E-state index in [9.17, 15) is 4.79 Å². The number of thioether (sulfide) groups is 2. The van der Waals surface area contributed by atoms with Crippen LogP contribution in [0.4, 0.5) is 0 Å². The predicted molar refractivity (Wildman–Crippen MR) is 92.3 cm³/mol. The number of nitrogens with one attached hydrogen (secondary N) is 1. The summed E-state index contributed by atoms with van der Waals surface area (Å²) in [4.78, 5) is 12.3. The van der Waals surface area contributed by atoms with Crippen molar-refractivity contribution in [2.24, 2.45) is 10.2 Å². The lowest BCUT2D eigenvalue weighted by Gasteiger charge is -2.01. The third-order valence-electron chi connectivity index (χ3n) is 2.82. The molecule has 2 rings (SSSR count). The van der Waals surface area contributed by atoms with Crippen LogP contribution in [0.1, 0.15) is 31.7 Å². The van der Waals surface area contributed by atoms with Gasteiger partial charge in [-0.2, -0.15) is 5.10 Å². The SMILES string of the molecule is CCCCCSc1cccc(C=NN=C2NC(=O)CS2)c1. The average Bonchev–Trinajstić information content (AvgIpc) is 2.90. The molecule has 0 unspecified atom stereocenters. The highest BCUT2D eigenvalue weighted by molar-refractivity contribution is 8.15. The summed E-state index contributed by atoms with van der Waals surface area (Å²) in [6.45, 7) is 2.22. The van der Waals surface area contributed by atoms with Gasteiger partial charge in [-0.25, -0.2) is 0 Å². The Balaban J connectivity index is 1.87. The molecule has 1 aromatic rings. The average molecular weight is 321 g/mol. The van der Waals surface area contributed by atoms with Crippen molar-refractivity contribution in [1.82, 2.24) is 5.32 Å². The Hall–Kier alpha value is -1.27. The van der Waals surface area contributed by atoms with Gasteiger partial charge in [-0.15, -0.1) is 16.9 Å². The molecule has 1 aliphatic heterocycles. The number of hydrogen-bond acceptors (Lipinski definition) is 5. The van der Waals surface area contributed by atoms with Gasteiger partial charge in [0.2, 0.25) is 5.91 Å². The Kier molecular flexibility index (Phi) is 6.82. The van der Waals surface area contributed by atoms with Gasteiger partial charge in [0.05, 0.1) is 12.0 Å². The molecule has 6 heteroatoms. The van der Waals surface area contributed by atoms with Crippen LogP contribution in [0.2, 0.25) is 0 Å². The Morgan fingerprint density at radius 2 is 2.33 bits per heavy atom. The summed E-state index contributed by atoms with van der Waals surface area (Å²) in [6, 6.07) is 8.26. The van der Waals surface area contributed by atoms with Crippen LogP contribution in [0.15, 0.2) is 39.4 Å². The van der Waals surface area contributed by atoms with Crippen LogP contribution in [0, 0.1) is 0 Å². The summed E-state index contributed by atoms with van der Waals surface area (Å²) < 4.78 is 0. The summed E-state index contributed by atoms with van der Waals surface area (Å²) in [5.74, 6) is 1.57. The fourth-order valence-corrected chi connectivity index (χ4v) is 3.36. The number of amidine groups is 1. The second-order valence-corrected chi connectivity index (χ2v) is 6.75. The Morgan fingerprint density at radius 1 is 1.43 bits per heavy atom. The quantitative estimate of drug-likeness (QED) is 0.362. The lowest BCUT2D eigenvalue weighted by Crippen LogP contribution is -2.19. The van der Waals surface area contributed by atoms with Crippen LogP contribution in [0.25, 0.3) is 0 Å². The summed E-state index contributed by atoms with van der Waals surface area (Å²) >= 11 is 3.25. The predicted octanol–water partition coefficient (Wildman–Crippen LogP) is 3.52. The van der Waals surface area contributed by atoms with Gasteiger partial charge < -0.3 is 5.32 Å². The lowest BCUT2D eigenvalue weighted by atomic mass is 10.2. The van der Waals surface area contributed by atoms with Crippen molar-refractivity contribution in [2.45, 2.75) is 31.1 Å². The van der Waals surface area contributed by atoms with E-state index >= 15 is 0 Å². The smallest absolute Gasteiger partial charge is 0.236 e. The van der Waals surface area contributed by atoms with Crippen LogP contribution < -0.4 is 5.32 Å². The van der Waals surface area contributed by atoms with E-state index in [1.54, 1.807) is 6.21 Å². The Labute approximate surface area is 133 Å². The van der Waals surface area contributed by atoms with E-state index in [0.29, 0.717) is 10.9 Å². The molecule has 1 aliphatic rings. The number of amides is 1. The molecule has 0 radical (unpaired) electrons. The third kappa shape index (κ3) is 5.93. The Morgan fingerprint density at radius 3 is 3.10 bits per heavy atom. The van der Waals surface area contributed by atoms with Gasteiger partial charge in [-0.05, 0) is 29.9 Å². The first kappa shape index (κ1) is 16.1. The third-order valence-corrected chi connectivity index (χ3v) is 4.76. The van der Waals surface area contributed by atoms with E-state index < -0.39 is 0 Å². The number of nitrogens with zero attached hydrogens (tertiary/aromatic N) is 2. The van der Waals surface area contributed by atoms with Crippen LogP contribution in [-0.2, 0) is 4.79 Å². The van der Waals surface area contributed by atoms with Crippen molar-refractivity contribution in [3.8, 4) is 0 Å². The zero-order valence-corrected chi connectivity index (χ0v) is 13.7. The summed E-state index contributed by atoms with van der Waals surface area (Å²) in [5.41, 5.74) is 1.02. The molecule has 0 aliphatic carbocycles. The second kappa shape index (κ2) is 8.89. The molecule has 4 nitrogen and oxygen atoms in total. The highest BCUT2D eigenvalue weighted by atomic mass is 32.2.